The highest BCUT2D eigenvalue weighted by Crippen LogP contribution is 2.41. The number of fused-ring (bicyclic) bond motifs is 1. The average Bonchev–Trinajstić information content (AvgIpc) is 3.20. The van der Waals surface area contributed by atoms with E-state index in [2.05, 4.69) is 41.5 Å². The van der Waals surface area contributed by atoms with E-state index in [1.807, 2.05) is 49.4 Å². The fourth-order valence-electron chi connectivity index (χ4n) is 3.94. The smallest absolute Gasteiger partial charge is 0.269 e. The summed E-state index contributed by atoms with van der Waals surface area (Å²) in [6.45, 7) is 4.00. The number of nitrogen functional groups attached to an aromatic ring is 1. The van der Waals surface area contributed by atoms with Crippen molar-refractivity contribution in [3.05, 3.63) is 88.9 Å². The summed E-state index contributed by atoms with van der Waals surface area (Å²) in [4.78, 5) is 23.4. The Morgan fingerprint density at radius 2 is 1.66 bits per heavy atom. The molecule has 3 heterocycles. The molecule has 0 aliphatic heterocycles. The molecule has 3 N–H and O–H groups in total. The molecule has 7 heteroatoms. The van der Waals surface area contributed by atoms with Crippen LogP contribution in [0.15, 0.2) is 72.9 Å². The summed E-state index contributed by atoms with van der Waals surface area (Å²) in [5.74, 6) is 0.958. The van der Waals surface area contributed by atoms with Gasteiger partial charge in [-0.05, 0) is 73.0 Å². The Kier molecular flexibility index (Phi) is 5.93. The molecule has 0 saturated carbocycles. The summed E-state index contributed by atoms with van der Waals surface area (Å²) >= 11 is 1.28. The Morgan fingerprint density at radius 1 is 0.943 bits per heavy atom. The summed E-state index contributed by atoms with van der Waals surface area (Å²) in [7, 11) is 1.64. The number of thiophene rings is 1. The minimum atomic E-state index is -0.301. The fraction of sp³-hybridized carbons (Fsp3) is 0.107. The van der Waals surface area contributed by atoms with Crippen LogP contribution in [-0.4, -0.2) is 23.0 Å². The van der Waals surface area contributed by atoms with Crippen LogP contribution < -0.4 is 15.8 Å². The van der Waals surface area contributed by atoms with Crippen LogP contribution in [0.25, 0.3) is 32.6 Å². The number of nitrogens with two attached hydrogens (primary N) is 1. The van der Waals surface area contributed by atoms with E-state index in [9.17, 15) is 4.79 Å². The molecule has 0 fully saturated rings. The van der Waals surface area contributed by atoms with Crippen LogP contribution in [0.5, 0.6) is 5.75 Å². The van der Waals surface area contributed by atoms with E-state index >= 15 is 0 Å². The molecule has 0 spiro atoms. The van der Waals surface area contributed by atoms with Crippen molar-refractivity contribution in [2.24, 2.45) is 0 Å². The summed E-state index contributed by atoms with van der Waals surface area (Å²) in [5.41, 5.74) is 12.9. The third kappa shape index (κ3) is 4.46. The molecule has 0 bridgehead atoms. The van der Waals surface area contributed by atoms with Crippen molar-refractivity contribution >= 4 is 39.0 Å². The molecule has 5 aromatic rings. The third-order valence-electron chi connectivity index (χ3n) is 5.81. The van der Waals surface area contributed by atoms with E-state index in [0.717, 1.165) is 39.1 Å². The number of rotatable bonds is 5. The van der Waals surface area contributed by atoms with Crippen molar-refractivity contribution in [1.82, 2.24) is 9.97 Å². The molecule has 0 aliphatic carbocycles. The van der Waals surface area contributed by atoms with Crippen LogP contribution in [0.1, 0.15) is 20.8 Å². The van der Waals surface area contributed by atoms with Gasteiger partial charge in [-0.3, -0.25) is 4.79 Å². The Balaban J connectivity index is 1.66. The molecule has 174 valence electrons. The number of amides is 1. The molecule has 0 radical (unpaired) electrons. The molecule has 6 nitrogen and oxygen atoms in total. The van der Waals surface area contributed by atoms with Gasteiger partial charge in [0, 0.05) is 17.1 Å². The van der Waals surface area contributed by atoms with Crippen molar-refractivity contribution in [3.63, 3.8) is 0 Å². The highest BCUT2D eigenvalue weighted by atomic mass is 32.1. The Hall–Kier alpha value is -4.23. The lowest BCUT2D eigenvalue weighted by Gasteiger charge is -2.10. The van der Waals surface area contributed by atoms with E-state index in [0.29, 0.717) is 21.2 Å². The maximum atomic E-state index is 13.2. The van der Waals surface area contributed by atoms with E-state index < -0.39 is 0 Å². The van der Waals surface area contributed by atoms with Crippen LogP contribution in [0, 0.1) is 13.8 Å². The molecular formula is C28H24N4O2S. The van der Waals surface area contributed by atoms with Crippen molar-refractivity contribution in [2.45, 2.75) is 13.8 Å². The van der Waals surface area contributed by atoms with Gasteiger partial charge in [0.1, 0.15) is 21.3 Å². The number of hydrogen-bond acceptors (Lipinski definition) is 6. The van der Waals surface area contributed by atoms with Crippen LogP contribution in [-0.2, 0) is 0 Å². The monoisotopic (exact) mass is 480 g/mol. The highest BCUT2D eigenvalue weighted by Gasteiger charge is 2.22. The van der Waals surface area contributed by atoms with Gasteiger partial charge in [-0.25, -0.2) is 9.97 Å². The SMILES string of the molecule is COc1ccc(-c2cc(-c3ccc(C)cc3)c3c(N)c(C(=O)Nc4cc(C)ccn4)sc3n2)cc1. The van der Waals surface area contributed by atoms with E-state index in [1.165, 1.54) is 16.9 Å². The molecule has 0 atom stereocenters. The van der Waals surface area contributed by atoms with Crippen molar-refractivity contribution in [1.29, 1.82) is 0 Å². The first-order chi connectivity index (χ1) is 16.9. The Morgan fingerprint density at radius 3 is 2.34 bits per heavy atom. The van der Waals surface area contributed by atoms with E-state index in [-0.39, 0.29) is 5.91 Å². The van der Waals surface area contributed by atoms with Gasteiger partial charge in [0.05, 0.1) is 18.5 Å². The first-order valence-corrected chi connectivity index (χ1v) is 11.9. The largest absolute Gasteiger partial charge is 0.497 e. The minimum absolute atomic E-state index is 0.301. The summed E-state index contributed by atoms with van der Waals surface area (Å²) < 4.78 is 5.30. The predicted octanol–water partition coefficient (Wildman–Crippen LogP) is 6.49. The van der Waals surface area contributed by atoms with Crippen molar-refractivity contribution in [2.75, 3.05) is 18.2 Å². The third-order valence-corrected chi connectivity index (χ3v) is 6.91. The maximum Gasteiger partial charge on any atom is 0.269 e. The van der Waals surface area contributed by atoms with Gasteiger partial charge >= 0.3 is 0 Å². The molecule has 0 unspecified atom stereocenters. The predicted molar refractivity (Wildman–Crippen MR) is 143 cm³/mol. The van der Waals surface area contributed by atoms with Crippen molar-refractivity contribution in [3.8, 4) is 28.1 Å². The second kappa shape index (κ2) is 9.19. The maximum absolute atomic E-state index is 13.2. The zero-order valence-electron chi connectivity index (χ0n) is 19.6. The number of aromatic nitrogens is 2. The molecule has 35 heavy (non-hydrogen) atoms. The lowest BCUT2D eigenvalue weighted by Crippen LogP contribution is -2.13. The number of methoxy groups -OCH3 is 1. The molecular weight excluding hydrogens is 456 g/mol. The van der Waals surface area contributed by atoms with Gasteiger partial charge in [0.25, 0.3) is 5.91 Å². The van der Waals surface area contributed by atoms with Gasteiger partial charge in [-0.1, -0.05) is 29.8 Å². The van der Waals surface area contributed by atoms with Gasteiger partial charge in [0.2, 0.25) is 0 Å². The number of nitrogens with zero attached hydrogens (tertiary/aromatic N) is 2. The average molecular weight is 481 g/mol. The first-order valence-electron chi connectivity index (χ1n) is 11.1. The van der Waals surface area contributed by atoms with Crippen LogP contribution in [0.3, 0.4) is 0 Å². The van der Waals surface area contributed by atoms with E-state index in [1.54, 1.807) is 13.3 Å². The van der Waals surface area contributed by atoms with Crippen LogP contribution in [0.4, 0.5) is 11.5 Å². The zero-order chi connectivity index (χ0) is 24.5. The van der Waals surface area contributed by atoms with Gasteiger partial charge in [-0.2, -0.15) is 0 Å². The number of pyridine rings is 2. The van der Waals surface area contributed by atoms with Gasteiger partial charge < -0.3 is 15.8 Å². The molecule has 3 aromatic heterocycles. The first kappa shape index (κ1) is 22.6. The minimum Gasteiger partial charge on any atom is -0.497 e. The second-order valence-corrected chi connectivity index (χ2v) is 9.35. The van der Waals surface area contributed by atoms with Gasteiger partial charge in [-0.15, -0.1) is 11.3 Å². The molecule has 2 aromatic carbocycles. The number of carbonyl (C=O) groups is 1. The second-order valence-electron chi connectivity index (χ2n) is 8.35. The van der Waals surface area contributed by atoms with E-state index in [4.69, 9.17) is 15.5 Å². The van der Waals surface area contributed by atoms with Crippen molar-refractivity contribution < 1.29 is 9.53 Å². The number of anilines is 2. The normalized spacial score (nSPS) is 10.9. The summed E-state index contributed by atoms with van der Waals surface area (Å²) in [5, 5.41) is 3.64. The molecule has 1 amide bonds. The molecule has 5 rings (SSSR count). The molecule has 0 aliphatic rings. The summed E-state index contributed by atoms with van der Waals surface area (Å²) in [6.07, 6.45) is 1.66. The lowest BCUT2D eigenvalue weighted by atomic mass is 9.98. The lowest BCUT2D eigenvalue weighted by molar-refractivity contribution is 0.103. The Labute approximate surface area is 207 Å². The number of benzene rings is 2. The highest BCUT2D eigenvalue weighted by molar-refractivity contribution is 7.21. The number of nitrogens with one attached hydrogen (secondary N) is 1. The standard InChI is InChI=1S/C28H24N4O2S/c1-16-4-6-18(7-5-16)21-15-22(19-8-10-20(34-3)11-9-19)31-28-24(21)25(29)26(35-28)27(33)32-23-14-17(2)12-13-30-23/h4-15H,29H2,1-3H3,(H,30,32,33). The number of aryl methyl sites for hydroxylation is 2. The fourth-order valence-corrected chi connectivity index (χ4v) is 4.95. The topological polar surface area (TPSA) is 90.1 Å². The number of ether oxygens (including phenoxy) is 1. The van der Waals surface area contributed by atoms with Crippen LogP contribution >= 0.6 is 11.3 Å². The van der Waals surface area contributed by atoms with Crippen LogP contribution in [0.2, 0.25) is 0 Å². The molecule has 0 saturated heterocycles. The summed E-state index contributed by atoms with van der Waals surface area (Å²) in [6, 6.07) is 21.7. The Bertz CT molecular complexity index is 1540. The van der Waals surface area contributed by atoms with Gasteiger partial charge in [0.15, 0.2) is 0 Å². The number of carbonyl (C=O) groups excluding carboxylic acids is 1. The zero-order valence-corrected chi connectivity index (χ0v) is 20.4. The number of hydrogen-bond donors (Lipinski definition) is 2. The quantitative estimate of drug-likeness (QED) is 0.300.